The molecule has 0 N–H and O–H groups in total. The van der Waals surface area contributed by atoms with Gasteiger partial charge in [-0.3, -0.25) is 9.59 Å². The lowest BCUT2D eigenvalue weighted by molar-refractivity contribution is -0.154. The van der Waals surface area contributed by atoms with Gasteiger partial charge in [-0.25, -0.2) is 0 Å². The number of esters is 1. The van der Waals surface area contributed by atoms with Crippen molar-refractivity contribution in [2.24, 2.45) is 0 Å². The Morgan fingerprint density at radius 3 is 1.94 bits per heavy atom. The fraction of sp³-hybridized carbons (Fsp3) is 0.500. The van der Waals surface area contributed by atoms with E-state index in [4.69, 9.17) is 18.9 Å². The SMILES string of the molecule is C.C.C.C.COC(COc1ccccc1)CC(=O)OC(CCOCc1ccccc1)CC(C)=O.[B]. The molecule has 0 fully saturated rings. The van der Waals surface area contributed by atoms with Gasteiger partial charge in [0.25, 0.3) is 0 Å². The van der Waals surface area contributed by atoms with Crippen LogP contribution in [-0.4, -0.2) is 52.7 Å². The van der Waals surface area contributed by atoms with Crippen LogP contribution in [0.4, 0.5) is 0 Å². The maximum absolute atomic E-state index is 12.4. The van der Waals surface area contributed by atoms with Gasteiger partial charge in [0.05, 0.1) is 19.6 Å². The lowest BCUT2D eigenvalue weighted by Crippen LogP contribution is -2.28. The summed E-state index contributed by atoms with van der Waals surface area (Å²) in [7, 11) is 1.52. The third-order valence-electron chi connectivity index (χ3n) is 4.42. The van der Waals surface area contributed by atoms with E-state index >= 15 is 0 Å². The Morgan fingerprint density at radius 2 is 1.40 bits per heavy atom. The topological polar surface area (TPSA) is 71.1 Å². The Morgan fingerprint density at radius 1 is 0.829 bits per heavy atom. The Balaban J connectivity index is -0.000000961. The fourth-order valence-electron chi connectivity index (χ4n) is 2.84. The number of benzene rings is 2. The van der Waals surface area contributed by atoms with Gasteiger partial charge in [0.2, 0.25) is 0 Å². The zero-order chi connectivity index (χ0) is 21.6. The number of hydrogen-bond acceptors (Lipinski definition) is 6. The van der Waals surface area contributed by atoms with Crippen LogP contribution in [0, 0.1) is 0 Å². The maximum atomic E-state index is 12.4. The first-order valence-corrected chi connectivity index (χ1v) is 10.1. The standard InChI is InChI=1S/C24H30O6.4CH4.B/c1-19(25)15-22(13-14-28-17-20-9-5-3-6-10-20)30-24(26)16-23(27-2)18-29-21-11-7-4-8-12-21;;;;;/h3-12,22-23H,13-18H2,1-2H3;4*1H4;. The highest BCUT2D eigenvalue weighted by Crippen LogP contribution is 2.13. The Bertz CT molecular complexity index is 755. The van der Waals surface area contributed by atoms with Crippen molar-refractivity contribution < 1.29 is 28.5 Å². The molecule has 7 heteroatoms. The monoisotopic (exact) mass is 489 g/mol. The highest BCUT2D eigenvalue weighted by molar-refractivity contribution is 5.77. The van der Waals surface area contributed by atoms with E-state index in [0.717, 1.165) is 5.56 Å². The highest BCUT2D eigenvalue weighted by atomic mass is 16.6. The predicted molar refractivity (Wildman–Crippen MR) is 146 cm³/mol. The van der Waals surface area contributed by atoms with Crippen LogP contribution in [0.5, 0.6) is 5.75 Å². The summed E-state index contributed by atoms with van der Waals surface area (Å²) in [6, 6.07) is 19.1. The smallest absolute Gasteiger partial charge is 0.308 e. The number of rotatable bonds is 14. The maximum Gasteiger partial charge on any atom is 0.308 e. The molecule has 0 aliphatic rings. The molecule has 0 aliphatic carbocycles. The lowest BCUT2D eigenvalue weighted by atomic mass is 10.1. The molecule has 2 unspecified atom stereocenters. The van der Waals surface area contributed by atoms with Crippen molar-refractivity contribution in [3.63, 3.8) is 0 Å². The predicted octanol–water partition coefficient (Wildman–Crippen LogP) is 6.13. The second-order valence-corrected chi connectivity index (χ2v) is 7.03. The molecule has 2 rings (SSSR count). The molecular weight excluding hydrogens is 443 g/mol. The van der Waals surface area contributed by atoms with E-state index in [1.165, 1.54) is 14.0 Å². The number of carbonyl (C=O) groups excluding carboxylic acids is 2. The summed E-state index contributed by atoms with van der Waals surface area (Å²) in [6.07, 6.45) is -0.291. The molecule has 0 amide bonds. The Kier molecular flexibility index (Phi) is 26.1. The number of para-hydroxylation sites is 1. The summed E-state index contributed by atoms with van der Waals surface area (Å²) in [4.78, 5) is 23.9. The van der Waals surface area contributed by atoms with Crippen molar-refractivity contribution in [1.82, 2.24) is 0 Å². The van der Waals surface area contributed by atoms with Crippen LogP contribution in [0.3, 0.4) is 0 Å². The van der Waals surface area contributed by atoms with Crippen LogP contribution in [0.15, 0.2) is 60.7 Å². The molecule has 35 heavy (non-hydrogen) atoms. The molecule has 0 bridgehead atoms. The van der Waals surface area contributed by atoms with Crippen molar-refractivity contribution in [3.8, 4) is 5.75 Å². The van der Waals surface area contributed by atoms with Crippen molar-refractivity contribution >= 4 is 20.2 Å². The first-order chi connectivity index (χ1) is 14.6. The molecule has 0 heterocycles. The summed E-state index contributed by atoms with van der Waals surface area (Å²) >= 11 is 0. The Hall–Kier alpha value is -2.64. The first-order valence-electron chi connectivity index (χ1n) is 10.1. The molecule has 2 atom stereocenters. The summed E-state index contributed by atoms with van der Waals surface area (Å²) in [6.45, 7) is 2.58. The number of carbonyl (C=O) groups is 2. The molecule has 0 saturated carbocycles. The third kappa shape index (κ3) is 17.5. The van der Waals surface area contributed by atoms with Gasteiger partial charge in [-0.05, 0) is 24.6 Å². The van der Waals surface area contributed by atoms with Crippen LogP contribution >= 0.6 is 0 Å². The summed E-state index contributed by atoms with van der Waals surface area (Å²) in [5.41, 5.74) is 1.07. The largest absolute Gasteiger partial charge is 0.491 e. The molecule has 2 aromatic rings. The van der Waals surface area contributed by atoms with Gasteiger partial charge in [0, 0.05) is 28.4 Å². The Labute approximate surface area is 215 Å². The van der Waals surface area contributed by atoms with Gasteiger partial charge >= 0.3 is 5.97 Å². The number of hydrogen-bond donors (Lipinski definition) is 0. The minimum Gasteiger partial charge on any atom is -0.491 e. The van der Waals surface area contributed by atoms with Gasteiger partial charge in [-0.2, -0.15) is 0 Å². The van der Waals surface area contributed by atoms with Crippen LogP contribution in [0.25, 0.3) is 0 Å². The summed E-state index contributed by atoms with van der Waals surface area (Å²) in [5.74, 6) is 0.248. The minimum atomic E-state index is -0.515. The normalized spacial score (nSPS) is 10.9. The molecule has 0 spiro atoms. The summed E-state index contributed by atoms with van der Waals surface area (Å²) in [5, 5.41) is 0. The lowest BCUT2D eigenvalue weighted by Gasteiger charge is -2.20. The number of ketones is 1. The average Bonchev–Trinajstić information content (AvgIpc) is 2.75. The molecule has 0 saturated heterocycles. The summed E-state index contributed by atoms with van der Waals surface area (Å²) < 4.78 is 22.2. The van der Waals surface area contributed by atoms with Gasteiger partial charge in [-0.15, -0.1) is 0 Å². The molecular formula is C28H46BO6. The molecule has 2 aromatic carbocycles. The van der Waals surface area contributed by atoms with E-state index in [2.05, 4.69) is 0 Å². The van der Waals surface area contributed by atoms with E-state index < -0.39 is 18.2 Å². The number of methoxy groups -OCH3 is 1. The zero-order valence-corrected chi connectivity index (χ0v) is 18.2. The van der Waals surface area contributed by atoms with Crippen molar-refractivity contribution in [3.05, 3.63) is 66.2 Å². The fourth-order valence-corrected chi connectivity index (χ4v) is 2.84. The van der Waals surface area contributed by atoms with Crippen LogP contribution in [0.1, 0.15) is 61.5 Å². The van der Waals surface area contributed by atoms with Crippen LogP contribution in [-0.2, 0) is 30.4 Å². The minimum absolute atomic E-state index is 0. The number of Topliss-reactive ketones (excluding diaryl/α,β-unsaturated/α-hetero) is 1. The van der Waals surface area contributed by atoms with E-state index in [0.29, 0.717) is 25.4 Å². The van der Waals surface area contributed by atoms with Crippen molar-refractivity contribution in [1.29, 1.82) is 0 Å². The second kappa shape index (κ2) is 23.1. The van der Waals surface area contributed by atoms with E-state index in [-0.39, 0.29) is 63.4 Å². The number of ether oxygens (including phenoxy) is 4. The third-order valence-corrected chi connectivity index (χ3v) is 4.42. The van der Waals surface area contributed by atoms with Gasteiger partial charge in [0.1, 0.15) is 30.3 Å². The molecule has 0 aliphatic heterocycles. The van der Waals surface area contributed by atoms with Crippen LogP contribution < -0.4 is 4.74 Å². The molecule has 0 aromatic heterocycles. The second-order valence-electron chi connectivity index (χ2n) is 7.03. The first kappa shape index (κ1) is 39.6. The van der Waals surface area contributed by atoms with E-state index in [1.807, 2.05) is 60.7 Å². The van der Waals surface area contributed by atoms with Gasteiger partial charge in [-0.1, -0.05) is 78.2 Å². The molecule has 3 radical (unpaired) electrons. The van der Waals surface area contributed by atoms with Gasteiger partial charge < -0.3 is 18.9 Å². The quantitative estimate of drug-likeness (QED) is 0.181. The highest BCUT2D eigenvalue weighted by Gasteiger charge is 2.21. The van der Waals surface area contributed by atoms with Crippen LogP contribution in [0.2, 0.25) is 0 Å². The molecule has 6 nitrogen and oxygen atoms in total. The van der Waals surface area contributed by atoms with Crippen molar-refractivity contribution in [2.75, 3.05) is 20.3 Å². The van der Waals surface area contributed by atoms with E-state index in [9.17, 15) is 9.59 Å². The van der Waals surface area contributed by atoms with Gasteiger partial charge in [0.15, 0.2) is 0 Å². The average molecular weight is 489 g/mol. The molecule has 197 valence electrons. The zero-order valence-electron chi connectivity index (χ0n) is 18.2. The van der Waals surface area contributed by atoms with E-state index in [1.54, 1.807) is 0 Å². The van der Waals surface area contributed by atoms with Crippen molar-refractivity contribution in [2.45, 2.75) is 74.7 Å².